The van der Waals surface area contributed by atoms with Crippen molar-refractivity contribution in [2.45, 2.75) is 20.0 Å². The lowest BCUT2D eigenvalue weighted by atomic mass is 10.5. The molecule has 1 heterocycles. The van der Waals surface area contributed by atoms with Crippen LogP contribution >= 0.6 is 0 Å². The highest BCUT2D eigenvalue weighted by molar-refractivity contribution is 4.97. The second-order valence-corrected chi connectivity index (χ2v) is 1.99. The van der Waals surface area contributed by atoms with Gasteiger partial charge in [0.1, 0.15) is 0 Å². The van der Waals surface area contributed by atoms with E-state index in [1.54, 1.807) is 0 Å². The quantitative estimate of drug-likeness (QED) is 0.603. The normalized spacial score (nSPS) is 10.1. The van der Waals surface area contributed by atoms with E-state index in [9.17, 15) is 0 Å². The van der Waals surface area contributed by atoms with Gasteiger partial charge in [-0.1, -0.05) is 0 Å². The first-order valence-electron chi connectivity index (χ1n) is 2.84. The molecule has 0 radical (unpaired) electrons. The molecule has 0 atom stereocenters. The molecular weight excluding hydrogens is 118 g/mol. The second-order valence-electron chi connectivity index (χ2n) is 1.99. The van der Waals surface area contributed by atoms with Gasteiger partial charge in [0.05, 0.1) is 6.10 Å². The summed E-state index contributed by atoms with van der Waals surface area (Å²) >= 11 is 0. The van der Waals surface area contributed by atoms with E-state index in [0.29, 0.717) is 5.88 Å². The second kappa shape index (κ2) is 2.53. The van der Waals surface area contributed by atoms with Crippen LogP contribution in [0.25, 0.3) is 0 Å². The molecule has 9 heavy (non-hydrogen) atoms. The summed E-state index contributed by atoms with van der Waals surface area (Å²) in [6, 6.07) is 0. The first kappa shape index (κ1) is 6.13. The molecule has 0 N–H and O–H groups in total. The van der Waals surface area contributed by atoms with Crippen LogP contribution in [-0.4, -0.2) is 11.1 Å². The largest absolute Gasteiger partial charge is 0.473 e. The number of nitrogens with zero attached hydrogens (tertiary/aromatic N) is 1. The molecule has 0 aliphatic rings. The van der Waals surface area contributed by atoms with Crippen molar-refractivity contribution in [1.29, 1.82) is 0 Å². The average Bonchev–Trinajstić information content (AvgIpc) is 2.15. The van der Waals surface area contributed by atoms with Crippen LogP contribution in [-0.2, 0) is 0 Å². The molecule has 0 saturated carbocycles. The fraction of sp³-hybridized carbons (Fsp3) is 0.500. The zero-order chi connectivity index (χ0) is 6.69. The third kappa shape index (κ3) is 1.76. The summed E-state index contributed by atoms with van der Waals surface area (Å²) in [5.41, 5.74) is 0. The standard InChI is InChI=1S/C6H9NO2/c1-5(2)9-6-3-8-4-7-6/h3-5H,1-2H3. The van der Waals surface area contributed by atoms with Gasteiger partial charge in [-0.3, -0.25) is 0 Å². The molecule has 3 heteroatoms. The maximum absolute atomic E-state index is 5.15. The molecule has 1 rings (SSSR count). The van der Waals surface area contributed by atoms with Crippen LogP contribution in [0.2, 0.25) is 0 Å². The van der Waals surface area contributed by atoms with Crippen LogP contribution in [0, 0.1) is 0 Å². The summed E-state index contributed by atoms with van der Waals surface area (Å²) in [4.78, 5) is 3.77. The Morgan fingerprint density at radius 2 is 2.44 bits per heavy atom. The summed E-state index contributed by atoms with van der Waals surface area (Å²) in [6.45, 7) is 3.88. The van der Waals surface area contributed by atoms with E-state index in [1.807, 2.05) is 13.8 Å². The van der Waals surface area contributed by atoms with Crippen molar-refractivity contribution in [3.63, 3.8) is 0 Å². The van der Waals surface area contributed by atoms with Crippen molar-refractivity contribution < 1.29 is 9.15 Å². The number of hydrogen-bond donors (Lipinski definition) is 0. The van der Waals surface area contributed by atoms with Gasteiger partial charge in [-0.15, -0.1) is 0 Å². The van der Waals surface area contributed by atoms with Gasteiger partial charge in [0, 0.05) is 0 Å². The molecule has 0 amide bonds. The Bertz CT molecular complexity index is 158. The van der Waals surface area contributed by atoms with Crippen molar-refractivity contribution in [2.24, 2.45) is 0 Å². The van der Waals surface area contributed by atoms with Gasteiger partial charge in [-0.25, -0.2) is 0 Å². The van der Waals surface area contributed by atoms with Crippen molar-refractivity contribution in [3.8, 4) is 5.88 Å². The highest BCUT2D eigenvalue weighted by Gasteiger charge is 1.97. The maximum atomic E-state index is 5.15. The van der Waals surface area contributed by atoms with Gasteiger partial charge in [0.25, 0.3) is 5.88 Å². The van der Waals surface area contributed by atoms with Crippen molar-refractivity contribution in [3.05, 3.63) is 12.7 Å². The SMILES string of the molecule is CC(C)Oc1cocn1. The summed E-state index contributed by atoms with van der Waals surface area (Å²) in [7, 11) is 0. The average molecular weight is 127 g/mol. The summed E-state index contributed by atoms with van der Waals surface area (Å²) in [6.07, 6.45) is 2.98. The number of hydrogen-bond acceptors (Lipinski definition) is 3. The highest BCUT2D eigenvalue weighted by atomic mass is 16.5. The van der Waals surface area contributed by atoms with Gasteiger partial charge in [0.2, 0.25) is 0 Å². The van der Waals surface area contributed by atoms with Crippen LogP contribution < -0.4 is 4.74 Å². The van der Waals surface area contributed by atoms with Crippen LogP contribution in [0.3, 0.4) is 0 Å². The molecule has 3 nitrogen and oxygen atoms in total. The predicted molar refractivity (Wildman–Crippen MR) is 32.3 cm³/mol. The van der Waals surface area contributed by atoms with Gasteiger partial charge >= 0.3 is 0 Å². The molecule has 1 aromatic heterocycles. The Kier molecular flexibility index (Phi) is 1.72. The molecule has 0 aliphatic carbocycles. The Morgan fingerprint density at radius 3 is 2.89 bits per heavy atom. The topological polar surface area (TPSA) is 35.3 Å². The van der Waals surface area contributed by atoms with Gasteiger partial charge in [0.15, 0.2) is 12.7 Å². The predicted octanol–water partition coefficient (Wildman–Crippen LogP) is 1.46. The van der Waals surface area contributed by atoms with E-state index >= 15 is 0 Å². The van der Waals surface area contributed by atoms with E-state index in [2.05, 4.69) is 9.40 Å². The molecule has 0 saturated heterocycles. The molecule has 0 unspecified atom stereocenters. The smallest absolute Gasteiger partial charge is 0.252 e. The minimum atomic E-state index is 0.162. The molecule has 0 bridgehead atoms. The number of ether oxygens (including phenoxy) is 1. The highest BCUT2D eigenvalue weighted by Crippen LogP contribution is 2.06. The van der Waals surface area contributed by atoms with Gasteiger partial charge in [-0.2, -0.15) is 4.98 Å². The van der Waals surface area contributed by atoms with E-state index in [1.165, 1.54) is 12.7 Å². The Morgan fingerprint density at radius 1 is 1.67 bits per heavy atom. The van der Waals surface area contributed by atoms with Crippen molar-refractivity contribution in [2.75, 3.05) is 0 Å². The number of oxazole rings is 1. The number of aromatic nitrogens is 1. The summed E-state index contributed by atoms with van der Waals surface area (Å²) in [5.74, 6) is 0.546. The molecule has 0 aromatic carbocycles. The van der Waals surface area contributed by atoms with E-state index in [-0.39, 0.29) is 6.10 Å². The molecule has 0 spiro atoms. The van der Waals surface area contributed by atoms with E-state index in [0.717, 1.165) is 0 Å². The minimum Gasteiger partial charge on any atom is -0.473 e. The van der Waals surface area contributed by atoms with Crippen LogP contribution in [0.1, 0.15) is 13.8 Å². The van der Waals surface area contributed by atoms with E-state index < -0.39 is 0 Å². The first-order chi connectivity index (χ1) is 4.29. The van der Waals surface area contributed by atoms with Crippen LogP contribution in [0.5, 0.6) is 5.88 Å². The summed E-state index contributed by atoms with van der Waals surface area (Å²) in [5, 5.41) is 0. The molecule has 0 aliphatic heterocycles. The number of rotatable bonds is 2. The summed E-state index contributed by atoms with van der Waals surface area (Å²) < 4.78 is 9.83. The third-order valence-corrected chi connectivity index (χ3v) is 0.766. The van der Waals surface area contributed by atoms with E-state index in [4.69, 9.17) is 4.74 Å². The minimum absolute atomic E-state index is 0.162. The van der Waals surface area contributed by atoms with Crippen LogP contribution in [0.15, 0.2) is 17.1 Å². The van der Waals surface area contributed by atoms with Gasteiger partial charge in [-0.05, 0) is 13.8 Å². The van der Waals surface area contributed by atoms with Gasteiger partial charge < -0.3 is 9.15 Å². The van der Waals surface area contributed by atoms with Crippen LogP contribution in [0.4, 0.5) is 0 Å². The fourth-order valence-electron chi connectivity index (χ4n) is 0.501. The maximum Gasteiger partial charge on any atom is 0.252 e. The Labute approximate surface area is 53.7 Å². The molecule has 1 aromatic rings. The lowest BCUT2D eigenvalue weighted by molar-refractivity contribution is 0.232. The lowest BCUT2D eigenvalue weighted by Gasteiger charge is -2.02. The van der Waals surface area contributed by atoms with Crippen molar-refractivity contribution >= 4 is 0 Å². The first-order valence-corrected chi connectivity index (χ1v) is 2.84. The molecular formula is C6H9NO2. The zero-order valence-corrected chi connectivity index (χ0v) is 5.50. The fourth-order valence-corrected chi connectivity index (χ4v) is 0.501. The Hall–Kier alpha value is -0.990. The Balaban J connectivity index is 2.48. The monoisotopic (exact) mass is 127 g/mol. The molecule has 0 fully saturated rings. The zero-order valence-electron chi connectivity index (χ0n) is 5.50. The molecule has 50 valence electrons. The van der Waals surface area contributed by atoms with Crippen molar-refractivity contribution in [1.82, 2.24) is 4.98 Å². The lowest BCUT2D eigenvalue weighted by Crippen LogP contribution is -2.05. The third-order valence-electron chi connectivity index (χ3n) is 0.766.